The van der Waals surface area contributed by atoms with Gasteiger partial charge in [-0.1, -0.05) is 0 Å². The van der Waals surface area contributed by atoms with Crippen LogP contribution in [0.4, 0.5) is 5.69 Å². The first-order valence-electron chi connectivity index (χ1n) is 7.15. The molecule has 3 heterocycles. The molecule has 2 aromatic heterocycles. The standard InChI is InChI=1S/C15H15N5O3/c1-9-4-5-12(19-18-10-3-2-6-16-7-10)13-17-8-11(15(22)23)14(21)20(9)13/h2-3,6-9,18H,4-5H2,1H3,(H,22,23). The smallest absolute Gasteiger partial charge is 0.342 e. The van der Waals surface area contributed by atoms with Gasteiger partial charge < -0.3 is 5.11 Å². The molecule has 118 valence electrons. The van der Waals surface area contributed by atoms with E-state index in [1.54, 1.807) is 18.5 Å². The number of nitrogens with one attached hydrogen (secondary N) is 1. The molecule has 1 atom stereocenters. The topological polar surface area (TPSA) is 109 Å². The Morgan fingerprint density at radius 1 is 1.48 bits per heavy atom. The van der Waals surface area contributed by atoms with Gasteiger partial charge in [-0.15, -0.1) is 0 Å². The van der Waals surface area contributed by atoms with Gasteiger partial charge in [-0.05, 0) is 31.9 Å². The Hall–Kier alpha value is -3.03. The number of hydrogen-bond acceptors (Lipinski definition) is 6. The molecular formula is C15H15N5O3. The highest BCUT2D eigenvalue weighted by molar-refractivity contribution is 5.99. The third-order valence-corrected chi connectivity index (χ3v) is 3.70. The summed E-state index contributed by atoms with van der Waals surface area (Å²) in [5.41, 5.74) is 3.33. The molecule has 0 amide bonds. The highest BCUT2D eigenvalue weighted by Gasteiger charge is 2.26. The van der Waals surface area contributed by atoms with E-state index < -0.39 is 11.5 Å². The molecule has 1 aliphatic heterocycles. The van der Waals surface area contributed by atoms with E-state index in [9.17, 15) is 9.59 Å². The van der Waals surface area contributed by atoms with Gasteiger partial charge in [0.2, 0.25) is 0 Å². The first-order valence-corrected chi connectivity index (χ1v) is 7.15. The van der Waals surface area contributed by atoms with Gasteiger partial charge in [-0.2, -0.15) is 5.10 Å². The highest BCUT2D eigenvalue weighted by atomic mass is 16.4. The molecule has 2 aromatic rings. The lowest BCUT2D eigenvalue weighted by molar-refractivity contribution is 0.0693. The number of rotatable bonds is 3. The molecule has 0 saturated heterocycles. The number of carboxylic acid groups (broad SMARTS) is 1. The summed E-state index contributed by atoms with van der Waals surface area (Å²) in [6.07, 6.45) is 5.71. The second-order valence-electron chi connectivity index (χ2n) is 5.28. The number of aromatic nitrogens is 3. The van der Waals surface area contributed by atoms with E-state index in [1.807, 2.05) is 13.0 Å². The number of hydrazone groups is 1. The van der Waals surface area contributed by atoms with Crippen molar-refractivity contribution in [2.24, 2.45) is 5.10 Å². The molecule has 0 aromatic carbocycles. The fourth-order valence-electron chi connectivity index (χ4n) is 2.49. The van der Waals surface area contributed by atoms with Crippen LogP contribution in [0.25, 0.3) is 0 Å². The van der Waals surface area contributed by atoms with Crippen molar-refractivity contribution in [3.8, 4) is 0 Å². The number of nitrogens with zero attached hydrogens (tertiary/aromatic N) is 4. The summed E-state index contributed by atoms with van der Waals surface area (Å²) in [6.45, 7) is 1.86. The highest BCUT2D eigenvalue weighted by Crippen LogP contribution is 2.22. The van der Waals surface area contributed by atoms with Crippen molar-refractivity contribution in [2.45, 2.75) is 25.8 Å². The Balaban J connectivity index is 2.01. The van der Waals surface area contributed by atoms with Gasteiger partial charge in [0.15, 0.2) is 5.82 Å². The fraction of sp³-hybridized carbons (Fsp3) is 0.267. The zero-order valence-electron chi connectivity index (χ0n) is 12.4. The predicted molar refractivity (Wildman–Crippen MR) is 83.8 cm³/mol. The number of carbonyl (C=O) groups is 1. The van der Waals surface area contributed by atoms with Gasteiger partial charge in [-0.3, -0.25) is 19.8 Å². The summed E-state index contributed by atoms with van der Waals surface area (Å²) in [7, 11) is 0. The summed E-state index contributed by atoms with van der Waals surface area (Å²) in [5, 5.41) is 13.4. The van der Waals surface area contributed by atoms with Crippen LogP contribution in [0.5, 0.6) is 0 Å². The van der Waals surface area contributed by atoms with Gasteiger partial charge in [0, 0.05) is 18.4 Å². The number of carboxylic acids is 1. The molecule has 1 aliphatic rings. The minimum atomic E-state index is -1.28. The summed E-state index contributed by atoms with van der Waals surface area (Å²) in [5.74, 6) is -0.877. The van der Waals surface area contributed by atoms with E-state index in [1.165, 1.54) is 4.57 Å². The zero-order valence-corrected chi connectivity index (χ0v) is 12.4. The minimum Gasteiger partial charge on any atom is -0.477 e. The lowest BCUT2D eigenvalue weighted by atomic mass is 10.0. The van der Waals surface area contributed by atoms with Crippen LogP contribution in [0.2, 0.25) is 0 Å². The van der Waals surface area contributed by atoms with E-state index in [4.69, 9.17) is 5.11 Å². The molecule has 0 saturated carbocycles. The molecule has 0 aliphatic carbocycles. The molecule has 23 heavy (non-hydrogen) atoms. The van der Waals surface area contributed by atoms with Crippen molar-refractivity contribution in [1.82, 2.24) is 14.5 Å². The van der Waals surface area contributed by atoms with Crippen LogP contribution in [-0.4, -0.2) is 31.3 Å². The van der Waals surface area contributed by atoms with E-state index in [-0.39, 0.29) is 11.6 Å². The fourth-order valence-corrected chi connectivity index (χ4v) is 2.49. The van der Waals surface area contributed by atoms with Gasteiger partial charge in [0.1, 0.15) is 11.3 Å². The summed E-state index contributed by atoms with van der Waals surface area (Å²) in [4.78, 5) is 31.6. The number of hydrogen-bond donors (Lipinski definition) is 2. The van der Waals surface area contributed by atoms with E-state index >= 15 is 0 Å². The largest absolute Gasteiger partial charge is 0.477 e. The molecule has 3 rings (SSSR count). The predicted octanol–water partition coefficient (Wildman–Crippen LogP) is 1.51. The van der Waals surface area contributed by atoms with Crippen molar-refractivity contribution in [3.63, 3.8) is 0 Å². The molecule has 0 radical (unpaired) electrons. The van der Waals surface area contributed by atoms with Crippen molar-refractivity contribution >= 4 is 17.4 Å². The van der Waals surface area contributed by atoms with E-state index in [2.05, 4.69) is 20.5 Å². The van der Waals surface area contributed by atoms with Crippen LogP contribution in [0, 0.1) is 0 Å². The van der Waals surface area contributed by atoms with Crippen molar-refractivity contribution in [1.29, 1.82) is 0 Å². The molecule has 0 spiro atoms. The molecule has 1 unspecified atom stereocenters. The van der Waals surface area contributed by atoms with Gasteiger partial charge in [-0.25, -0.2) is 9.78 Å². The van der Waals surface area contributed by atoms with Gasteiger partial charge in [0.25, 0.3) is 5.56 Å². The molecule has 0 bridgehead atoms. The minimum absolute atomic E-state index is 0.123. The van der Waals surface area contributed by atoms with Crippen molar-refractivity contribution in [3.05, 3.63) is 52.5 Å². The summed E-state index contributed by atoms with van der Waals surface area (Å²) < 4.78 is 1.40. The number of anilines is 1. The van der Waals surface area contributed by atoms with Crippen molar-refractivity contribution < 1.29 is 9.90 Å². The Kier molecular flexibility index (Phi) is 3.88. The van der Waals surface area contributed by atoms with Crippen molar-refractivity contribution in [2.75, 3.05) is 5.43 Å². The molecule has 8 heteroatoms. The second-order valence-corrected chi connectivity index (χ2v) is 5.28. The van der Waals surface area contributed by atoms with Crippen LogP contribution < -0.4 is 11.0 Å². The van der Waals surface area contributed by atoms with E-state index in [0.717, 1.165) is 11.9 Å². The van der Waals surface area contributed by atoms with Crippen LogP contribution in [0.15, 0.2) is 40.6 Å². The maximum absolute atomic E-state index is 12.3. The van der Waals surface area contributed by atoms with Crippen LogP contribution >= 0.6 is 0 Å². The first-order chi connectivity index (χ1) is 11.1. The summed E-state index contributed by atoms with van der Waals surface area (Å²) in [6, 6.07) is 3.47. The van der Waals surface area contributed by atoms with Crippen LogP contribution in [0.3, 0.4) is 0 Å². The van der Waals surface area contributed by atoms with Gasteiger partial charge in [0.05, 0.1) is 11.9 Å². The summed E-state index contributed by atoms with van der Waals surface area (Å²) >= 11 is 0. The Labute approximate surface area is 131 Å². The van der Waals surface area contributed by atoms with Crippen LogP contribution in [-0.2, 0) is 0 Å². The Morgan fingerprint density at radius 3 is 3.00 bits per heavy atom. The average Bonchev–Trinajstić information content (AvgIpc) is 2.55. The monoisotopic (exact) mass is 313 g/mol. The lowest BCUT2D eigenvalue weighted by Crippen LogP contribution is -2.37. The zero-order chi connectivity index (χ0) is 16.4. The lowest BCUT2D eigenvalue weighted by Gasteiger charge is -2.25. The van der Waals surface area contributed by atoms with Crippen LogP contribution in [0.1, 0.15) is 42.0 Å². The molecule has 8 nitrogen and oxygen atoms in total. The molecule has 2 N–H and O–H groups in total. The second kappa shape index (κ2) is 5.99. The van der Waals surface area contributed by atoms with E-state index in [0.29, 0.717) is 24.4 Å². The Bertz CT molecular complexity index is 829. The SMILES string of the molecule is CC1CCC(=NNc2cccnc2)c2ncc(C(=O)O)c(=O)n21. The third-order valence-electron chi connectivity index (χ3n) is 3.70. The maximum Gasteiger partial charge on any atom is 0.342 e. The normalized spacial score (nSPS) is 18.5. The number of aromatic carboxylic acids is 1. The average molecular weight is 313 g/mol. The third kappa shape index (κ3) is 2.83. The quantitative estimate of drug-likeness (QED) is 0.831. The Morgan fingerprint density at radius 2 is 2.30 bits per heavy atom. The molecular weight excluding hydrogens is 298 g/mol. The number of pyridine rings is 1. The van der Waals surface area contributed by atoms with Gasteiger partial charge >= 0.3 is 5.97 Å². The first kappa shape index (κ1) is 14.9. The maximum atomic E-state index is 12.3. The number of fused-ring (bicyclic) bond motifs is 1. The molecule has 0 fully saturated rings.